The van der Waals surface area contributed by atoms with Gasteiger partial charge in [0.25, 0.3) is 5.91 Å². The number of hydrogen-bond acceptors (Lipinski definition) is 5. The molecule has 1 amide bonds. The molecule has 23 heavy (non-hydrogen) atoms. The predicted molar refractivity (Wildman–Crippen MR) is 85.3 cm³/mol. The van der Waals surface area contributed by atoms with E-state index in [9.17, 15) is 9.59 Å². The van der Waals surface area contributed by atoms with Gasteiger partial charge in [-0.3, -0.25) is 4.79 Å². The molecule has 0 spiro atoms. The highest BCUT2D eigenvalue weighted by Crippen LogP contribution is 2.28. The van der Waals surface area contributed by atoms with Crippen LogP contribution in [0.15, 0.2) is 24.5 Å². The molecule has 3 N–H and O–H groups in total. The van der Waals surface area contributed by atoms with Crippen molar-refractivity contribution in [3.8, 4) is 22.9 Å². The van der Waals surface area contributed by atoms with Crippen LogP contribution >= 0.6 is 11.3 Å². The van der Waals surface area contributed by atoms with E-state index in [4.69, 9.17) is 11.5 Å². The molecule has 3 heterocycles. The Morgan fingerprint density at radius 3 is 3.00 bits per heavy atom. The van der Waals surface area contributed by atoms with Gasteiger partial charge in [0.1, 0.15) is 11.1 Å². The van der Waals surface area contributed by atoms with Crippen LogP contribution in [0.3, 0.4) is 0 Å². The number of thiophene rings is 1. The van der Waals surface area contributed by atoms with E-state index in [0.29, 0.717) is 21.1 Å². The number of amides is 1. The first-order valence-corrected chi connectivity index (χ1v) is 7.31. The molecular weight excluding hydrogens is 316 g/mol. The number of aromatic carboxylic acids is 1. The van der Waals surface area contributed by atoms with Crippen LogP contribution in [0, 0.1) is 12.3 Å². The molecule has 3 rings (SSSR count). The van der Waals surface area contributed by atoms with Crippen LogP contribution < -0.4 is 5.32 Å². The van der Waals surface area contributed by atoms with Gasteiger partial charge in [-0.05, 0) is 12.1 Å². The second-order valence-corrected chi connectivity index (χ2v) is 5.59. The lowest BCUT2D eigenvalue weighted by molar-refractivity contribution is 0.0698. The van der Waals surface area contributed by atoms with Crippen molar-refractivity contribution in [2.45, 2.75) is 0 Å². The molecule has 3 aromatic rings. The van der Waals surface area contributed by atoms with Crippen molar-refractivity contribution in [1.82, 2.24) is 20.3 Å². The minimum absolute atomic E-state index is 0.0536. The highest BCUT2D eigenvalue weighted by Gasteiger charge is 2.15. The molecule has 0 fully saturated rings. The van der Waals surface area contributed by atoms with Gasteiger partial charge in [0.15, 0.2) is 5.65 Å². The molecule has 0 aliphatic rings. The van der Waals surface area contributed by atoms with Gasteiger partial charge in [0, 0.05) is 6.20 Å². The molecular formula is C15H10N4O3S. The average molecular weight is 326 g/mol. The molecule has 3 aromatic heterocycles. The van der Waals surface area contributed by atoms with Crippen molar-refractivity contribution in [3.63, 3.8) is 0 Å². The Bertz CT molecular complexity index is 951. The Hall–Kier alpha value is -3.18. The van der Waals surface area contributed by atoms with E-state index < -0.39 is 5.97 Å². The van der Waals surface area contributed by atoms with Gasteiger partial charge in [0.05, 0.1) is 28.2 Å². The molecule has 0 unspecified atom stereocenters. The topological polar surface area (TPSA) is 108 Å². The zero-order chi connectivity index (χ0) is 16.4. The minimum Gasteiger partial charge on any atom is -0.478 e. The SMILES string of the molecule is C#CCNC(=O)c1ccc(-c2cnc3[nH]cc(C(=O)O)c3n2)s1. The molecule has 8 heteroatoms. The minimum atomic E-state index is -1.08. The molecule has 0 aromatic carbocycles. The molecule has 0 saturated carbocycles. The van der Waals surface area contributed by atoms with Gasteiger partial charge in [-0.2, -0.15) is 0 Å². The van der Waals surface area contributed by atoms with Crippen molar-refractivity contribution in [2.24, 2.45) is 0 Å². The van der Waals surface area contributed by atoms with Crippen LogP contribution in [0.5, 0.6) is 0 Å². The zero-order valence-corrected chi connectivity index (χ0v) is 12.5. The summed E-state index contributed by atoms with van der Waals surface area (Å²) in [6.45, 7) is 0.156. The second kappa shape index (κ2) is 5.90. The summed E-state index contributed by atoms with van der Waals surface area (Å²) in [7, 11) is 0. The normalized spacial score (nSPS) is 10.4. The Morgan fingerprint density at radius 1 is 1.43 bits per heavy atom. The number of nitrogens with zero attached hydrogens (tertiary/aromatic N) is 2. The van der Waals surface area contributed by atoms with Crippen LogP contribution in [0.2, 0.25) is 0 Å². The quantitative estimate of drug-likeness (QED) is 0.633. The van der Waals surface area contributed by atoms with Crippen molar-refractivity contribution in [1.29, 1.82) is 0 Å². The number of carboxylic acids is 1. The number of fused-ring (bicyclic) bond motifs is 1. The van der Waals surface area contributed by atoms with Crippen LogP contribution in [0.25, 0.3) is 21.7 Å². The summed E-state index contributed by atoms with van der Waals surface area (Å²) >= 11 is 1.23. The number of carbonyl (C=O) groups is 2. The third-order valence-corrected chi connectivity index (χ3v) is 4.15. The van der Waals surface area contributed by atoms with Gasteiger partial charge < -0.3 is 15.4 Å². The number of nitrogens with one attached hydrogen (secondary N) is 2. The summed E-state index contributed by atoms with van der Waals surface area (Å²) in [5.74, 6) is 0.989. The van der Waals surface area contributed by atoms with Crippen LogP contribution in [0.1, 0.15) is 20.0 Å². The first kappa shape index (κ1) is 14.7. The largest absolute Gasteiger partial charge is 0.478 e. The van der Waals surface area contributed by atoms with Crippen LogP contribution in [-0.2, 0) is 0 Å². The summed E-state index contributed by atoms with van der Waals surface area (Å²) in [4.78, 5) is 35.5. The molecule has 0 aliphatic carbocycles. The standard InChI is InChI=1S/C15H10N4O3S/c1-2-5-16-14(20)11-4-3-10(23-11)9-7-18-13-12(19-9)8(6-17-13)15(21)22/h1,3-4,6-7H,5H2,(H,16,20)(H,17,18)(H,21,22). The van der Waals surface area contributed by atoms with Crippen molar-refractivity contribution in [2.75, 3.05) is 6.54 Å². The average Bonchev–Trinajstić information content (AvgIpc) is 3.18. The Labute approximate surface area is 134 Å². The molecule has 0 bridgehead atoms. The Morgan fingerprint density at radius 2 is 2.26 bits per heavy atom. The lowest BCUT2D eigenvalue weighted by Gasteiger charge is -1.98. The summed E-state index contributed by atoms with van der Waals surface area (Å²) in [5.41, 5.74) is 1.23. The van der Waals surface area contributed by atoms with E-state index in [1.165, 1.54) is 23.7 Å². The Kier molecular flexibility index (Phi) is 3.78. The first-order chi connectivity index (χ1) is 11.1. The molecule has 0 saturated heterocycles. The van der Waals surface area contributed by atoms with Crippen molar-refractivity contribution < 1.29 is 14.7 Å². The molecule has 0 atom stereocenters. The maximum atomic E-state index is 11.8. The van der Waals surface area contributed by atoms with E-state index in [1.807, 2.05) is 0 Å². The van der Waals surface area contributed by atoms with Crippen LogP contribution in [0.4, 0.5) is 0 Å². The predicted octanol–water partition coefficient (Wildman–Crippen LogP) is 1.75. The fraction of sp³-hybridized carbons (Fsp3) is 0.0667. The number of hydrogen-bond donors (Lipinski definition) is 3. The highest BCUT2D eigenvalue weighted by atomic mass is 32.1. The third-order valence-electron chi connectivity index (χ3n) is 3.04. The number of carboxylic acid groups (broad SMARTS) is 1. The van der Waals surface area contributed by atoms with Crippen molar-refractivity contribution in [3.05, 3.63) is 35.0 Å². The fourth-order valence-electron chi connectivity index (χ4n) is 1.99. The number of carbonyl (C=O) groups excluding carboxylic acids is 1. The smallest absolute Gasteiger partial charge is 0.339 e. The maximum absolute atomic E-state index is 11.8. The highest BCUT2D eigenvalue weighted by molar-refractivity contribution is 7.17. The van der Waals surface area contributed by atoms with Gasteiger partial charge in [-0.1, -0.05) is 5.92 Å². The molecule has 7 nitrogen and oxygen atoms in total. The Balaban J connectivity index is 1.96. The van der Waals surface area contributed by atoms with E-state index in [-0.39, 0.29) is 23.5 Å². The molecule has 0 aliphatic heterocycles. The second-order valence-electron chi connectivity index (χ2n) is 4.51. The maximum Gasteiger partial charge on any atom is 0.339 e. The van der Waals surface area contributed by atoms with Crippen molar-refractivity contribution >= 4 is 34.4 Å². The summed E-state index contributed by atoms with van der Waals surface area (Å²) < 4.78 is 0. The monoisotopic (exact) mass is 326 g/mol. The lowest BCUT2D eigenvalue weighted by Crippen LogP contribution is -2.22. The number of H-pyrrole nitrogens is 1. The summed E-state index contributed by atoms with van der Waals surface area (Å²) in [6.07, 6.45) is 7.98. The number of aromatic nitrogens is 3. The fourth-order valence-corrected chi connectivity index (χ4v) is 2.87. The molecule has 114 valence electrons. The van der Waals surface area contributed by atoms with Gasteiger partial charge in [-0.15, -0.1) is 17.8 Å². The number of rotatable bonds is 4. The summed E-state index contributed by atoms with van der Waals surface area (Å²) in [5, 5.41) is 11.7. The van der Waals surface area contributed by atoms with Gasteiger partial charge >= 0.3 is 5.97 Å². The summed E-state index contributed by atoms with van der Waals surface area (Å²) in [6, 6.07) is 3.39. The van der Waals surface area contributed by atoms with E-state index >= 15 is 0 Å². The first-order valence-electron chi connectivity index (χ1n) is 6.49. The van der Waals surface area contributed by atoms with Gasteiger partial charge in [-0.25, -0.2) is 14.8 Å². The molecule has 0 radical (unpaired) electrons. The lowest BCUT2D eigenvalue weighted by atomic mass is 10.3. The van der Waals surface area contributed by atoms with Crippen LogP contribution in [-0.4, -0.2) is 38.5 Å². The third kappa shape index (κ3) is 2.77. The number of terminal acetylenes is 1. The van der Waals surface area contributed by atoms with E-state index in [0.717, 1.165) is 0 Å². The number of aromatic amines is 1. The zero-order valence-electron chi connectivity index (χ0n) is 11.7. The van der Waals surface area contributed by atoms with E-state index in [1.54, 1.807) is 12.1 Å². The van der Waals surface area contributed by atoms with Gasteiger partial charge in [0.2, 0.25) is 0 Å². The van der Waals surface area contributed by atoms with E-state index in [2.05, 4.69) is 26.2 Å².